The van der Waals surface area contributed by atoms with Crippen LogP contribution < -0.4 is 9.64 Å². The smallest absolute Gasteiger partial charge is 0.416 e. The van der Waals surface area contributed by atoms with Gasteiger partial charge in [-0.25, -0.2) is 4.39 Å². The summed E-state index contributed by atoms with van der Waals surface area (Å²) < 4.78 is 59.4. The molecular formula is C28H23F4NO4. The molecule has 1 aliphatic heterocycles. The maximum atomic E-state index is 13.7. The number of hydrogen-bond acceptors (Lipinski definition) is 4. The summed E-state index contributed by atoms with van der Waals surface area (Å²) in [5.41, 5.74) is -1.10. The van der Waals surface area contributed by atoms with Crippen LogP contribution >= 0.6 is 0 Å². The number of rotatable bonds is 6. The number of halogens is 4. The van der Waals surface area contributed by atoms with Gasteiger partial charge in [-0.15, -0.1) is 0 Å². The first-order valence-corrected chi connectivity index (χ1v) is 11.4. The van der Waals surface area contributed by atoms with Crippen molar-refractivity contribution >= 4 is 23.1 Å². The van der Waals surface area contributed by atoms with Crippen LogP contribution in [0.15, 0.2) is 78.4 Å². The zero-order valence-electron chi connectivity index (χ0n) is 19.9. The fourth-order valence-corrected chi connectivity index (χ4v) is 4.02. The molecule has 1 heterocycles. The molecule has 5 nitrogen and oxygen atoms in total. The van der Waals surface area contributed by atoms with Crippen LogP contribution in [-0.4, -0.2) is 23.4 Å². The normalized spacial score (nSPS) is 17.5. The van der Waals surface area contributed by atoms with Crippen molar-refractivity contribution in [2.24, 2.45) is 5.92 Å². The number of anilines is 1. The minimum atomic E-state index is -4.69. The van der Waals surface area contributed by atoms with E-state index in [0.717, 1.165) is 35.2 Å². The molecule has 0 aliphatic carbocycles. The number of ketones is 1. The second-order valence-electron chi connectivity index (χ2n) is 9.00. The number of nitrogens with zero attached hydrogens (tertiary/aromatic N) is 1. The van der Waals surface area contributed by atoms with Crippen molar-refractivity contribution in [1.29, 1.82) is 0 Å². The highest BCUT2D eigenvalue weighted by Crippen LogP contribution is 2.43. The van der Waals surface area contributed by atoms with Crippen LogP contribution in [0.4, 0.5) is 23.2 Å². The fraction of sp³-hybridized carbons (Fsp3) is 0.214. The monoisotopic (exact) mass is 513 g/mol. The van der Waals surface area contributed by atoms with E-state index in [4.69, 9.17) is 4.74 Å². The van der Waals surface area contributed by atoms with Crippen LogP contribution in [0.5, 0.6) is 5.75 Å². The number of Topliss-reactive ketones (excluding diaryl/α,β-unsaturated/α-hetero) is 1. The third-order valence-corrected chi connectivity index (χ3v) is 5.79. The van der Waals surface area contributed by atoms with Crippen molar-refractivity contribution in [2.45, 2.75) is 26.1 Å². The molecule has 1 N–H and O–H groups in total. The van der Waals surface area contributed by atoms with Crippen molar-refractivity contribution in [3.8, 4) is 5.75 Å². The van der Waals surface area contributed by atoms with E-state index in [1.54, 1.807) is 12.1 Å². The topological polar surface area (TPSA) is 66.8 Å². The summed E-state index contributed by atoms with van der Waals surface area (Å²) in [6.07, 6.45) is -4.69. The Morgan fingerprint density at radius 1 is 1.00 bits per heavy atom. The Bertz CT molecular complexity index is 1350. The van der Waals surface area contributed by atoms with E-state index in [1.807, 2.05) is 13.8 Å². The van der Waals surface area contributed by atoms with Gasteiger partial charge in [-0.2, -0.15) is 13.2 Å². The summed E-state index contributed by atoms with van der Waals surface area (Å²) >= 11 is 0. The van der Waals surface area contributed by atoms with E-state index in [9.17, 15) is 32.3 Å². The molecule has 1 unspecified atom stereocenters. The zero-order valence-corrected chi connectivity index (χ0v) is 19.9. The van der Waals surface area contributed by atoms with Gasteiger partial charge in [0.2, 0.25) is 0 Å². The Morgan fingerprint density at radius 2 is 1.65 bits per heavy atom. The predicted molar refractivity (Wildman–Crippen MR) is 129 cm³/mol. The van der Waals surface area contributed by atoms with Crippen molar-refractivity contribution in [1.82, 2.24) is 0 Å². The quantitative estimate of drug-likeness (QED) is 0.177. The molecule has 1 aliphatic rings. The number of aliphatic hydroxyl groups excluding tert-OH is 1. The zero-order chi connectivity index (χ0) is 26.9. The summed E-state index contributed by atoms with van der Waals surface area (Å²) in [4.78, 5) is 27.2. The number of alkyl halides is 3. The molecule has 0 aromatic heterocycles. The first-order chi connectivity index (χ1) is 17.5. The molecule has 0 spiro atoms. The summed E-state index contributed by atoms with van der Waals surface area (Å²) in [6, 6.07) is 13.7. The maximum absolute atomic E-state index is 13.7. The lowest BCUT2D eigenvalue weighted by Crippen LogP contribution is -2.29. The van der Waals surface area contributed by atoms with Gasteiger partial charge in [0, 0.05) is 11.3 Å². The SMILES string of the molecule is CC(C)COc1ccc(/C(O)=C2\C(=O)C(=O)N(c3cccc(C(F)(F)F)c3)C2c2ccc(F)cc2)cc1. The molecule has 1 saturated heterocycles. The van der Waals surface area contributed by atoms with Gasteiger partial charge in [0.15, 0.2) is 0 Å². The molecule has 1 atom stereocenters. The van der Waals surface area contributed by atoms with Gasteiger partial charge in [-0.05, 0) is 66.1 Å². The molecule has 4 rings (SSSR count). The Hall–Kier alpha value is -4.14. The van der Waals surface area contributed by atoms with Gasteiger partial charge in [-0.1, -0.05) is 32.0 Å². The summed E-state index contributed by atoms with van der Waals surface area (Å²) in [5, 5.41) is 11.1. The molecule has 0 radical (unpaired) electrons. The third-order valence-electron chi connectivity index (χ3n) is 5.79. The number of carbonyl (C=O) groups is 2. The van der Waals surface area contributed by atoms with Crippen LogP contribution in [0.2, 0.25) is 0 Å². The molecular weight excluding hydrogens is 490 g/mol. The first-order valence-electron chi connectivity index (χ1n) is 11.4. The number of carbonyl (C=O) groups excluding carboxylic acids is 2. The molecule has 37 heavy (non-hydrogen) atoms. The van der Waals surface area contributed by atoms with Crippen LogP contribution in [-0.2, 0) is 15.8 Å². The first kappa shape index (κ1) is 25.9. The Labute approximate surface area is 210 Å². The largest absolute Gasteiger partial charge is 0.507 e. The molecule has 9 heteroatoms. The molecule has 0 bridgehead atoms. The van der Waals surface area contributed by atoms with Crippen molar-refractivity contribution in [3.05, 3.63) is 101 Å². The van der Waals surface area contributed by atoms with E-state index in [2.05, 4.69) is 0 Å². The van der Waals surface area contributed by atoms with E-state index in [-0.39, 0.29) is 28.3 Å². The average molecular weight is 513 g/mol. The lowest BCUT2D eigenvalue weighted by molar-refractivity contribution is -0.137. The number of benzene rings is 3. The highest BCUT2D eigenvalue weighted by Gasteiger charge is 2.47. The fourth-order valence-electron chi connectivity index (χ4n) is 4.02. The van der Waals surface area contributed by atoms with Gasteiger partial charge in [-0.3, -0.25) is 14.5 Å². The van der Waals surface area contributed by atoms with Crippen LogP contribution in [0, 0.1) is 11.7 Å². The minimum absolute atomic E-state index is 0.192. The molecule has 3 aromatic carbocycles. The lowest BCUT2D eigenvalue weighted by Gasteiger charge is -2.26. The number of aliphatic hydroxyl groups is 1. The van der Waals surface area contributed by atoms with E-state index in [0.29, 0.717) is 12.4 Å². The number of ether oxygens (including phenoxy) is 1. The Kier molecular flexibility index (Phi) is 7.07. The second kappa shape index (κ2) is 10.1. The van der Waals surface area contributed by atoms with Gasteiger partial charge in [0.1, 0.15) is 17.3 Å². The molecule has 0 saturated carbocycles. The van der Waals surface area contributed by atoms with Crippen molar-refractivity contribution in [2.75, 3.05) is 11.5 Å². The maximum Gasteiger partial charge on any atom is 0.416 e. The number of amides is 1. The Balaban J connectivity index is 1.84. The predicted octanol–water partition coefficient (Wildman–Crippen LogP) is 6.51. The standard InChI is InChI=1S/C28H23F4NO4/c1-16(2)15-37-22-12-8-18(9-13-22)25(34)23-24(17-6-10-20(29)11-7-17)33(27(36)26(23)35)21-5-3-4-19(14-21)28(30,31)32/h3-14,16,24,34H,15H2,1-2H3/b25-23+. The second-order valence-corrected chi connectivity index (χ2v) is 9.00. The van der Waals surface area contributed by atoms with Gasteiger partial charge >= 0.3 is 6.18 Å². The molecule has 1 amide bonds. The van der Waals surface area contributed by atoms with E-state index in [1.165, 1.54) is 30.3 Å². The minimum Gasteiger partial charge on any atom is -0.507 e. The van der Waals surface area contributed by atoms with Crippen molar-refractivity contribution < 1.29 is 37.0 Å². The molecule has 192 valence electrons. The summed E-state index contributed by atoms with van der Waals surface area (Å²) in [5.74, 6) is -2.48. The lowest BCUT2D eigenvalue weighted by atomic mass is 9.95. The van der Waals surface area contributed by atoms with Crippen LogP contribution in [0.1, 0.15) is 36.6 Å². The highest BCUT2D eigenvalue weighted by atomic mass is 19.4. The molecule has 3 aromatic rings. The molecule has 1 fully saturated rings. The van der Waals surface area contributed by atoms with Crippen molar-refractivity contribution in [3.63, 3.8) is 0 Å². The van der Waals surface area contributed by atoms with Gasteiger partial charge in [0.25, 0.3) is 11.7 Å². The van der Waals surface area contributed by atoms with Gasteiger partial charge in [0.05, 0.1) is 23.8 Å². The third kappa shape index (κ3) is 5.35. The van der Waals surface area contributed by atoms with Crippen LogP contribution in [0.3, 0.4) is 0 Å². The van der Waals surface area contributed by atoms with Gasteiger partial charge < -0.3 is 9.84 Å². The van der Waals surface area contributed by atoms with Crippen LogP contribution in [0.25, 0.3) is 5.76 Å². The number of hydrogen-bond donors (Lipinski definition) is 1. The Morgan fingerprint density at radius 3 is 2.24 bits per heavy atom. The average Bonchev–Trinajstić information content (AvgIpc) is 3.13. The van der Waals surface area contributed by atoms with E-state index >= 15 is 0 Å². The highest BCUT2D eigenvalue weighted by molar-refractivity contribution is 6.51. The van der Waals surface area contributed by atoms with E-state index < -0.39 is 41.0 Å². The summed E-state index contributed by atoms with van der Waals surface area (Å²) in [7, 11) is 0. The summed E-state index contributed by atoms with van der Waals surface area (Å²) in [6.45, 7) is 4.44.